The number of nitrogens with zero attached hydrogens (tertiary/aromatic N) is 1. The summed E-state index contributed by atoms with van der Waals surface area (Å²) in [6.07, 6.45) is 1.64. The van der Waals surface area contributed by atoms with Crippen LogP contribution in [0.1, 0.15) is 12.8 Å². The molecule has 2 aliphatic rings. The third-order valence-corrected chi connectivity index (χ3v) is 6.46. The first-order valence-electron chi connectivity index (χ1n) is 6.83. The molecule has 6 nitrogen and oxygen atoms in total. The largest absolute Gasteiger partial charge is 0.486 e. The fourth-order valence-corrected chi connectivity index (χ4v) is 5.11. The molecule has 2 aliphatic heterocycles. The van der Waals surface area contributed by atoms with Gasteiger partial charge in [-0.2, -0.15) is 4.31 Å². The molecule has 2 heterocycles. The molecular weight excluding hydrogens is 396 g/mol. The Kier molecular flexibility index (Phi) is 5.60. The Bertz CT molecular complexity index is 656. The van der Waals surface area contributed by atoms with Gasteiger partial charge in [0.25, 0.3) is 0 Å². The van der Waals surface area contributed by atoms with Crippen molar-refractivity contribution in [1.29, 1.82) is 0 Å². The van der Waals surface area contributed by atoms with Crippen molar-refractivity contribution < 1.29 is 17.9 Å². The summed E-state index contributed by atoms with van der Waals surface area (Å²) in [4.78, 5) is 0.195. The number of nitrogens with two attached hydrogens (primary N) is 1. The molecule has 1 aromatic rings. The Labute approximate surface area is 144 Å². The van der Waals surface area contributed by atoms with E-state index in [1.807, 2.05) is 0 Å². The van der Waals surface area contributed by atoms with Crippen molar-refractivity contribution in [1.82, 2.24) is 4.31 Å². The van der Waals surface area contributed by atoms with Gasteiger partial charge < -0.3 is 15.2 Å². The summed E-state index contributed by atoms with van der Waals surface area (Å²) >= 11 is 3.32. The maximum Gasteiger partial charge on any atom is 0.244 e. The van der Waals surface area contributed by atoms with Crippen LogP contribution >= 0.6 is 28.3 Å². The summed E-state index contributed by atoms with van der Waals surface area (Å²) in [5, 5.41) is 0. The Morgan fingerprint density at radius 2 is 1.86 bits per heavy atom. The van der Waals surface area contributed by atoms with Crippen LogP contribution in [0.25, 0.3) is 0 Å². The second-order valence-electron chi connectivity index (χ2n) is 5.19. The molecule has 1 saturated heterocycles. The lowest BCUT2D eigenvalue weighted by molar-refractivity contribution is 0.171. The minimum atomic E-state index is -3.59. The van der Waals surface area contributed by atoms with Gasteiger partial charge in [-0.3, -0.25) is 0 Å². The molecule has 0 saturated carbocycles. The van der Waals surface area contributed by atoms with Crippen LogP contribution < -0.4 is 15.2 Å². The first-order chi connectivity index (χ1) is 9.98. The molecule has 0 bridgehead atoms. The highest BCUT2D eigenvalue weighted by atomic mass is 79.9. The van der Waals surface area contributed by atoms with E-state index in [-0.39, 0.29) is 23.3 Å². The first kappa shape index (κ1) is 17.8. The van der Waals surface area contributed by atoms with E-state index in [1.165, 1.54) is 10.4 Å². The van der Waals surface area contributed by atoms with E-state index < -0.39 is 10.0 Å². The quantitative estimate of drug-likeness (QED) is 0.799. The van der Waals surface area contributed by atoms with Crippen molar-refractivity contribution in [2.45, 2.75) is 23.8 Å². The lowest BCUT2D eigenvalue weighted by Gasteiger charge is -2.30. The van der Waals surface area contributed by atoms with Crippen LogP contribution in [-0.2, 0) is 10.0 Å². The molecule has 3 rings (SSSR count). The highest BCUT2D eigenvalue weighted by Crippen LogP contribution is 2.38. The number of benzene rings is 1. The van der Waals surface area contributed by atoms with E-state index in [0.717, 1.165) is 12.8 Å². The number of hydrogen-bond acceptors (Lipinski definition) is 5. The summed E-state index contributed by atoms with van der Waals surface area (Å²) in [5.74, 6) is 1.02. The van der Waals surface area contributed by atoms with Gasteiger partial charge in [0.1, 0.15) is 18.1 Å². The van der Waals surface area contributed by atoms with Crippen molar-refractivity contribution >= 4 is 38.4 Å². The van der Waals surface area contributed by atoms with E-state index in [1.54, 1.807) is 6.07 Å². The average molecular weight is 414 g/mol. The van der Waals surface area contributed by atoms with Crippen molar-refractivity contribution in [2.24, 2.45) is 5.73 Å². The molecule has 9 heteroatoms. The second-order valence-corrected chi connectivity index (χ2v) is 7.95. The molecule has 124 valence electrons. The number of rotatable bonds is 2. The molecule has 1 atom stereocenters. The van der Waals surface area contributed by atoms with Gasteiger partial charge in [0.05, 0.1) is 0 Å². The molecule has 1 fully saturated rings. The molecule has 0 spiro atoms. The van der Waals surface area contributed by atoms with Crippen molar-refractivity contribution in [3.63, 3.8) is 0 Å². The summed E-state index contributed by atoms with van der Waals surface area (Å²) in [7, 11) is -3.59. The number of hydrogen-bond donors (Lipinski definition) is 1. The maximum absolute atomic E-state index is 12.8. The van der Waals surface area contributed by atoms with Crippen molar-refractivity contribution in [3.8, 4) is 11.5 Å². The Morgan fingerprint density at radius 1 is 1.23 bits per heavy atom. The molecule has 0 aliphatic carbocycles. The highest BCUT2D eigenvalue weighted by Gasteiger charge is 2.31. The van der Waals surface area contributed by atoms with Gasteiger partial charge >= 0.3 is 0 Å². The average Bonchev–Trinajstić information content (AvgIpc) is 2.46. The normalized spacial score (nSPS) is 22.0. The van der Waals surface area contributed by atoms with Gasteiger partial charge in [-0.05, 0) is 34.8 Å². The van der Waals surface area contributed by atoms with Crippen LogP contribution in [0.15, 0.2) is 21.5 Å². The summed E-state index contributed by atoms with van der Waals surface area (Å²) in [5.41, 5.74) is 5.89. The van der Waals surface area contributed by atoms with E-state index in [4.69, 9.17) is 15.2 Å². The third-order valence-electron chi connectivity index (χ3n) is 3.64. The molecular formula is C13H18BrClN2O4S. The van der Waals surface area contributed by atoms with Gasteiger partial charge in [0.15, 0.2) is 11.5 Å². The Hall–Kier alpha value is -0.540. The fraction of sp³-hybridized carbons (Fsp3) is 0.538. The molecule has 0 radical (unpaired) electrons. The fourth-order valence-electron chi connectivity index (χ4n) is 2.57. The van der Waals surface area contributed by atoms with Crippen LogP contribution in [-0.4, -0.2) is 45.1 Å². The number of ether oxygens (including phenoxy) is 2. The smallest absolute Gasteiger partial charge is 0.244 e. The van der Waals surface area contributed by atoms with Crippen molar-refractivity contribution in [3.05, 3.63) is 16.6 Å². The van der Waals surface area contributed by atoms with Gasteiger partial charge in [-0.25, -0.2) is 8.42 Å². The minimum absolute atomic E-state index is 0. The predicted molar refractivity (Wildman–Crippen MR) is 88.3 cm³/mol. The Balaban J connectivity index is 0.00000176. The zero-order valence-electron chi connectivity index (χ0n) is 11.8. The standard InChI is InChI=1S/C13H17BrN2O4S.ClH/c14-10-6-11-12(20-5-4-19-11)7-13(10)21(17,18)16-3-1-2-9(15)8-16;/h6-7,9H,1-5,8,15H2;1H. The Morgan fingerprint density at radius 3 is 2.50 bits per heavy atom. The van der Waals surface area contributed by atoms with Crippen LogP contribution in [0.3, 0.4) is 0 Å². The maximum atomic E-state index is 12.8. The topological polar surface area (TPSA) is 81.9 Å². The SMILES string of the molecule is Cl.NC1CCCN(S(=O)(=O)c2cc3c(cc2Br)OCCO3)C1. The highest BCUT2D eigenvalue weighted by molar-refractivity contribution is 9.10. The van der Waals surface area contributed by atoms with E-state index in [0.29, 0.717) is 42.3 Å². The third kappa shape index (κ3) is 3.35. The van der Waals surface area contributed by atoms with Gasteiger partial charge in [-0.15, -0.1) is 12.4 Å². The molecule has 22 heavy (non-hydrogen) atoms. The predicted octanol–water partition coefficient (Wildman–Crippen LogP) is 1.75. The summed E-state index contributed by atoms with van der Waals surface area (Å²) in [6.45, 7) is 1.73. The molecule has 2 N–H and O–H groups in total. The van der Waals surface area contributed by atoms with Gasteiger partial charge in [-0.1, -0.05) is 0 Å². The monoisotopic (exact) mass is 412 g/mol. The van der Waals surface area contributed by atoms with Crippen LogP contribution in [0, 0.1) is 0 Å². The van der Waals surface area contributed by atoms with E-state index in [2.05, 4.69) is 15.9 Å². The van der Waals surface area contributed by atoms with Gasteiger partial charge in [0.2, 0.25) is 10.0 Å². The number of halogens is 2. The minimum Gasteiger partial charge on any atom is -0.486 e. The lowest BCUT2D eigenvalue weighted by Crippen LogP contribution is -2.45. The summed E-state index contributed by atoms with van der Waals surface area (Å²) < 4.78 is 38.4. The zero-order valence-corrected chi connectivity index (χ0v) is 15.0. The second kappa shape index (κ2) is 6.92. The number of sulfonamides is 1. The molecule has 0 aromatic heterocycles. The lowest BCUT2D eigenvalue weighted by atomic mass is 10.1. The van der Waals surface area contributed by atoms with E-state index >= 15 is 0 Å². The van der Waals surface area contributed by atoms with E-state index in [9.17, 15) is 8.42 Å². The van der Waals surface area contributed by atoms with Crippen LogP contribution in [0.5, 0.6) is 11.5 Å². The molecule has 1 aromatic carbocycles. The molecule has 0 amide bonds. The van der Waals surface area contributed by atoms with Crippen molar-refractivity contribution in [2.75, 3.05) is 26.3 Å². The first-order valence-corrected chi connectivity index (χ1v) is 9.06. The van der Waals surface area contributed by atoms with Crippen LogP contribution in [0.2, 0.25) is 0 Å². The number of piperidine rings is 1. The molecule has 1 unspecified atom stereocenters. The van der Waals surface area contributed by atoms with Gasteiger partial charge in [0, 0.05) is 29.7 Å². The summed E-state index contributed by atoms with van der Waals surface area (Å²) in [6, 6.07) is 3.06. The number of fused-ring (bicyclic) bond motifs is 1. The zero-order chi connectivity index (χ0) is 15.0. The van der Waals surface area contributed by atoms with Crippen LogP contribution in [0.4, 0.5) is 0 Å².